The van der Waals surface area contributed by atoms with Crippen molar-refractivity contribution in [1.82, 2.24) is 4.90 Å². The van der Waals surface area contributed by atoms with Gasteiger partial charge < -0.3 is 14.6 Å². The Hall–Kier alpha value is -2.86. The zero-order valence-corrected chi connectivity index (χ0v) is 16.6. The van der Waals surface area contributed by atoms with Gasteiger partial charge in [-0.05, 0) is 49.4 Å². The number of nitrogens with zero attached hydrogens (tertiary/aromatic N) is 1. The minimum Gasteiger partial charge on any atom is -0.459 e. The number of nitrogens with one attached hydrogen (secondary N) is 1. The van der Waals surface area contributed by atoms with Crippen molar-refractivity contribution in [2.45, 2.75) is 26.2 Å². The summed E-state index contributed by atoms with van der Waals surface area (Å²) in [6.45, 7) is 3.49. The van der Waals surface area contributed by atoms with Crippen LogP contribution in [0.2, 0.25) is 0 Å². The molecule has 0 atom stereocenters. The van der Waals surface area contributed by atoms with E-state index in [-0.39, 0.29) is 17.6 Å². The Bertz CT molecular complexity index is 971. The summed E-state index contributed by atoms with van der Waals surface area (Å²) >= 11 is 1.44. The summed E-state index contributed by atoms with van der Waals surface area (Å²) in [6.07, 6.45) is 4.66. The van der Waals surface area contributed by atoms with Crippen LogP contribution in [0.1, 0.15) is 45.7 Å². The number of benzene rings is 1. The highest BCUT2D eigenvalue weighted by atomic mass is 32.1. The first-order valence-corrected chi connectivity index (χ1v) is 10.3. The molecule has 3 heterocycles. The van der Waals surface area contributed by atoms with Gasteiger partial charge in [0.05, 0.1) is 11.8 Å². The average molecular weight is 394 g/mol. The maximum Gasteiger partial charge on any atom is 0.291 e. The number of hydrogen-bond donors (Lipinski definition) is 1. The lowest BCUT2D eigenvalue weighted by atomic mass is 10.0. The van der Waals surface area contributed by atoms with Crippen molar-refractivity contribution in [2.24, 2.45) is 0 Å². The van der Waals surface area contributed by atoms with E-state index < -0.39 is 0 Å². The van der Waals surface area contributed by atoms with Crippen LogP contribution in [0.3, 0.4) is 0 Å². The van der Waals surface area contributed by atoms with E-state index in [2.05, 4.69) is 5.32 Å². The summed E-state index contributed by atoms with van der Waals surface area (Å²) in [7, 11) is 0. The number of furan rings is 1. The molecule has 6 heteroatoms. The van der Waals surface area contributed by atoms with Crippen molar-refractivity contribution in [1.29, 1.82) is 0 Å². The van der Waals surface area contributed by atoms with Crippen LogP contribution >= 0.6 is 11.3 Å². The Morgan fingerprint density at radius 1 is 1.04 bits per heavy atom. The van der Waals surface area contributed by atoms with Gasteiger partial charge in [-0.25, -0.2) is 0 Å². The number of piperidine rings is 1. The van der Waals surface area contributed by atoms with E-state index >= 15 is 0 Å². The predicted molar refractivity (Wildman–Crippen MR) is 111 cm³/mol. The molecular formula is C22H22N2O3S. The summed E-state index contributed by atoms with van der Waals surface area (Å²) in [5.41, 5.74) is 2.53. The molecule has 28 heavy (non-hydrogen) atoms. The van der Waals surface area contributed by atoms with Gasteiger partial charge >= 0.3 is 0 Å². The molecule has 5 nitrogen and oxygen atoms in total. The number of carbonyl (C=O) groups is 2. The van der Waals surface area contributed by atoms with Crippen molar-refractivity contribution in [3.05, 3.63) is 65.6 Å². The highest BCUT2D eigenvalue weighted by Crippen LogP contribution is 2.41. The van der Waals surface area contributed by atoms with Crippen molar-refractivity contribution < 1.29 is 14.0 Å². The fourth-order valence-corrected chi connectivity index (χ4v) is 4.75. The van der Waals surface area contributed by atoms with Crippen molar-refractivity contribution in [3.8, 4) is 10.4 Å². The number of hydrogen-bond acceptors (Lipinski definition) is 4. The van der Waals surface area contributed by atoms with Crippen LogP contribution in [-0.2, 0) is 0 Å². The Morgan fingerprint density at radius 2 is 1.79 bits per heavy atom. The highest BCUT2D eigenvalue weighted by Gasteiger charge is 2.28. The number of likely N-dealkylation sites (tertiary alicyclic amines) is 1. The Balaban J connectivity index is 1.74. The summed E-state index contributed by atoms with van der Waals surface area (Å²) in [6, 6.07) is 13.2. The van der Waals surface area contributed by atoms with E-state index in [1.54, 1.807) is 12.1 Å². The van der Waals surface area contributed by atoms with Crippen molar-refractivity contribution in [3.63, 3.8) is 0 Å². The number of rotatable bonds is 4. The second-order valence-electron chi connectivity index (χ2n) is 6.91. The number of anilines is 1. The van der Waals surface area contributed by atoms with Gasteiger partial charge in [0, 0.05) is 18.0 Å². The van der Waals surface area contributed by atoms with E-state index in [0.717, 1.165) is 48.4 Å². The van der Waals surface area contributed by atoms with Gasteiger partial charge in [0.25, 0.3) is 11.8 Å². The molecule has 1 saturated heterocycles. The quantitative estimate of drug-likeness (QED) is 0.662. The van der Waals surface area contributed by atoms with E-state index in [0.29, 0.717) is 10.6 Å². The number of carbonyl (C=O) groups excluding carboxylic acids is 2. The Kier molecular flexibility index (Phi) is 5.30. The number of thiophene rings is 1. The molecule has 144 valence electrons. The summed E-state index contributed by atoms with van der Waals surface area (Å²) in [5.74, 6) is -0.132. The van der Waals surface area contributed by atoms with Crippen LogP contribution in [0.25, 0.3) is 10.4 Å². The molecule has 3 aromatic rings. The van der Waals surface area contributed by atoms with E-state index in [9.17, 15) is 9.59 Å². The topological polar surface area (TPSA) is 62.6 Å². The first kappa shape index (κ1) is 18.5. The summed E-state index contributed by atoms with van der Waals surface area (Å²) < 4.78 is 5.20. The molecule has 1 aromatic carbocycles. The molecule has 0 saturated carbocycles. The minimum atomic E-state index is -0.349. The lowest BCUT2D eigenvalue weighted by Crippen LogP contribution is -2.36. The molecule has 1 aliphatic heterocycles. The van der Waals surface area contributed by atoms with Crippen LogP contribution < -0.4 is 5.32 Å². The third kappa shape index (κ3) is 3.60. The average Bonchev–Trinajstić information content (AvgIpc) is 3.37. The minimum absolute atomic E-state index is 0.00891. The lowest BCUT2D eigenvalue weighted by molar-refractivity contribution is 0.0725. The maximum atomic E-state index is 13.3. The SMILES string of the molecule is Cc1c(-c2ccccc2)sc(NC(=O)c2ccco2)c1C(=O)N1CCCCC1. The monoisotopic (exact) mass is 394 g/mol. The van der Waals surface area contributed by atoms with Gasteiger partial charge in [-0.3, -0.25) is 9.59 Å². The molecular weight excluding hydrogens is 372 g/mol. The standard InChI is InChI=1S/C22H22N2O3S/c1-15-18(22(26)24-12-6-3-7-13-24)21(23-20(25)17-11-8-14-27-17)28-19(15)16-9-4-2-5-10-16/h2,4-5,8-11,14H,3,6-7,12-13H2,1H3,(H,23,25). The van der Waals surface area contributed by atoms with Gasteiger partial charge in [-0.1, -0.05) is 30.3 Å². The van der Waals surface area contributed by atoms with Crippen molar-refractivity contribution >= 4 is 28.2 Å². The zero-order valence-electron chi connectivity index (χ0n) is 15.7. The first-order valence-electron chi connectivity index (χ1n) is 9.48. The molecule has 2 aromatic heterocycles. The van der Waals surface area contributed by atoms with Crippen LogP contribution in [0.15, 0.2) is 53.1 Å². The van der Waals surface area contributed by atoms with Crippen LogP contribution in [0.5, 0.6) is 0 Å². The van der Waals surface area contributed by atoms with Gasteiger partial charge in [0.1, 0.15) is 5.00 Å². The summed E-state index contributed by atoms with van der Waals surface area (Å²) in [5, 5.41) is 3.48. The van der Waals surface area contributed by atoms with Gasteiger partial charge in [-0.15, -0.1) is 11.3 Å². The molecule has 2 amide bonds. The van der Waals surface area contributed by atoms with Crippen molar-refractivity contribution in [2.75, 3.05) is 18.4 Å². The van der Waals surface area contributed by atoms with E-state index in [1.807, 2.05) is 42.2 Å². The van der Waals surface area contributed by atoms with Gasteiger partial charge in [0.2, 0.25) is 0 Å². The van der Waals surface area contributed by atoms with Gasteiger partial charge in [-0.2, -0.15) is 0 Å². The second kappa shape index (κ2) is 8.02. The molecule has 4 rings (SSSR count). The second-order valence-corrected chi connectivity index (χ2v) is 7.93. The zero-order chi connectivity index (χ0) is 19.5. The molecule has 0 bridgehead atoms. The third-order valence-electron chi connectivity index (χ3n) is 5.01. The Labute approximate surface area is 168 Å². The molecule has 0 spiro atoms. The van der Waals surface area contributed by atoms with Crippen LogP contribution in [-0.4, -0.2) is 29.8 Å². The molecule has 0 aliphatic carbocycles. The smallest absolute Gasteiger partial charge is 0.291 e. The third-order valence-corrected chi connectivity index (χ3v) is 6.27. The largest absolute Gasteiger partial charge is 0.459 e. The highest BCUT2D eigenvalue weighted by molar-refractivity contribution is 7.20. The molecule has 0 unspecified atom stereocenters. The Morgan fingerprint density at radius 3 is 2.46 bits per heavy atom. The van der Waals surface area contributed by atoms with Gasteiger partial charge in [0.15, 0.2) is 5.76 Å². The lowest BCUT2D eigenvalue weighted by Gasteiger charge is -2.27. The fraction of sp³-hybridized carbons (Fsp3) is 0.273. The van der Waals surface area contributed by atoms with Crippen LogP contribution in [0, 0.1) is 6.92 Å². The predicted octanol–water partition coefficient (Wildman–Crippen LogP) is 5.19. The maximum absolute atomic E-state index is 13.3. The molecule has 1 aliphatic rings. The number of amides is 2. The van der Waals surface area contributed by atoms with E-state index in [4.69, 9.17) is 4.42 Å². The van der Waals surface area contributed by atoms with Crippen LogP contribution in [0.4, 0.5) is 5.00 Å². The summed E-state index contributed by atoms with van der Waals surface area (Å²) in [4.78, 5) is 28.8. The normalized spacial score (nSPS) is 14.1. The molecule has 0 radical (unpaired) electrons. The van der Waals surface area contributed by atoms with E-state index in [1.165, 1.54) is 17.6 Å². The molecule has 1 fully saturated rings. The molecule has 1 N–H and O–H groups in total. The fourth-order valence-electron chi connectivity index (χ4n) is 3.55. The first-order chi connectivity index (χ1) is 13.6.